The molecule has 0 aliphatic carbocycles. The van der Waals surface area contributed by atoms with Crippen LogP contribution in [0.3, 0.4) is 0 Å². The molecule has 98 valence electrons. The topological polar surface area (TPSA) is 46.3 Å². The summed E-state index contributed by atoms with van der Waals surface area (Å²) in [6.07, 6.45) is 1.01. The Morgan fingerprint density at radius 3 is 2.83 bits per heavy atom. The van der Waals surface area contributed by atoms with Gasteiger partial charge in [-0.2, -0.15) is 0 Å². The van der Waals surface area contributed by atoms with Gasteiger partial charge in [-0.3, -0.25) is 4.79 Å². The summed E-state index contributed by atoms with van der Waals surface area (Å²) in [6.45, 7) is 5.80. The van der Waals surface area contributed by atoms with Crippen molar-refractivity contribution in [2.75, 3.05) is 18.8 Å². The first-order valence-corrected chi connectivity index (χ1v) is 6.34. The van der Waals surface area contributed by atoms with Gasteiger partial charge >= 0.3 is 0 Å². The van der Waals surface area contributed by atoms with E-state index < -0.39 is 5.82 Å². The number of hydrogen-bond acceptors (Lipinski definition) is 2. The lowest BCUT2D eigenvalue weighted by molar-refractivity contribution is 0.0784. The summed E-state index contributed by atoms with van der Waals surface area (Å²) < 4.78 is 13.3. The van der Waals surface area contributed by atoms with Crippen molar-refractivity contribution in [2.45, 2.75) is 20.3 Å². The fourth-order valence-electron chi connectivity index (χ4n) is 2.41. The zero-order chi connectivity index (χ0) is 13.3. The van der Waals surface area contributed by atoms with Crippen LogP contribution in [0.15, 0.2) is 18.2 Å². The number of nitrogens with two attached hydrogens (primary N) is 1. The van der Waals surface area contributed by atoms with Gasteiger partial charge in [0.1, 0.15) is 5.82 Å². The molecule has 18 heavy (non-hydrogen) atoms. The third kappa shape index (κ3) is 2.33. The average molecular weight is 250 g/mol. The van der Waals surface area contributed by atoms with Crippen LogP contribution in [0, 0.1) is 17.7 Å². The normalized spacial score (nSPS) is 19.6. The van der Waals surface area contributed by atoms with Gasteiger partial charge in [-0.05, 0) is 30.4 Å². The highest BCUT2D eigenvalue weighted by Crippen LogP contribution is 2.26. The SMILES string of the molecule is CC(C)C1CCN(C(=O)c2cccc(F)c2N)C1. The van der Waals surface area contributed by atoms with E-state index in [2.05, 4.69) is 13.8 Å². The van der Waals surface area contributed by atoms with E-state index in [1.54, 1.807) is 11.0 Å². The predicted molar refractivity (Wildman–Crippen MR) is 69.7 cm³/mol. The molecule has 0 radical (unpaired) electrons. The molecule has 1 atom stereocenters. The van der Waals surface area contributed by atoms with E-state index in [4.69, 9.17) is 5.73 Å². The molecular formula is C14H19FN2O. The number of benzene rings is 1. The molecule has 1 saturated heterocycles. The Labute approximate surface area is 107 Å². The van der Waals surface area contributed by atoms with Gasteiger partial charge in [0.05, 0.1) is 11.3 Å². The summed E-state index contributed by atoms with van der Waals surface area (Å²) in [4.78, 5) is 14.0. The van der Waals surface area contributed by atoms with Crippen LogP contribution >= 0.6 is 0 Å². The Morgan fingerprint density at radius 2 is 2.22 bits per heavy atom. The molecule has 1 unspecified atom stereocenters. The lowest BCUT2D eigenvalue weighted by Gasteiger charge is -2.19. The van der Waals surface area contributed by atoms with Crippen molar-refractivity contribution in [2.24, 2.45) is 11.8 Å². The van der Waals surface area contributed by atoms with Crippen LogP contribution in [0.5, 0.6) is 0 Å². The van der Waals surface area contributed by atoms with Crippen LogP contribution in [0.25, 0.3) is 0 Å². The third-order valence-corrected chi connectivity index (χ3v) is 3.74. The Balaban J connectivity index is 2.16. The number of rotatable bonds is 2. The number of hydrogen-bond donors (Lipinski definition) is 1. The zero-order valence-corrected chi connectivity index (χ0v) is 10.8. The Morgan fingerprint density at radius 1 is 1.50 bits per heavy atom. The van der Waals surface area contributed by atoms with Crippen LogP contribution in [0.4, 0.5) is 10.1 Å². The second-order valence-electron chi connectivity index (χ2n) is 5.25. The minimum atomic E-state index is -0.527. The summed E-state index contributed by atoms with van der Waals surface area (Å²) >= 11 is 0. The van der Waals surface area contributed by atoms with E-state index in [1.165, 1.54) is 12.1 Å². The van der Waals surface area contributed by atoms with Crippen molar-refractivity contribution in [1.29, 1.82) is 0 Å². The van der Waals surface area contributed by atoms with Gasteiger partial charge in [0.25, 0.3) is 5.91 Å². The van der Waals surface area contributed by atoms with E-state index >= 15 is 0 Å². The van der Waals surface area contributed by atoms with Gasteiger partial charge < -0.3 is 10.6 Å². The fourth-order valence-corrected chi connectivity index (χ4v) is 2.41. The number of amides is 1. The highest BCUT2D eigenvalue weighted by atomic mass is 19.1. The highest BCUT2D eigenvalue weighted by Gasteiger charge is 2.29. The molecule has 1 aromatic rings. The third-order valence-electron chi connectivity index (χ3n) is 3.74. The van der Waals surface area contributed by atoms with E-state index in [1.807, 2.05) is 0 Å². The van der Waals surface area contributed by atoms with E-state index in [0.717, 1.165) is 19.5 Å². The predicted octanol–water partition coefficient (Wildman–Crippen LogP) is 2.53. The van der Waals surface area contributed by atoms with Crippen LogP contribution < -0.4 is 5.73 Å². The van der Waals surface area contributed by atoms with Crippen molar-refractivity contribution >= 4 is 11.6 Å². The molecule has 1 heterocycles. The first-order valence-electron chi connectivity index (χ1n) is 6.34. The lowest BCUT2D eigenvalue weighted by atomic mass is 9.95. The number of halogens is 1. The minimum Gasteiger partial charge on any atom is -0.396 e. The summed E-state index contributed by atoms with van der Waals surface area (Å²) in [5.41, 5.74) is 5.85. The van der Waals surface area contributed by atoms with E-state index in [-0.39, 0.29) is 17.2 Å². The van der Waals surface area contributed by atoms with Crippen molar-refractivity contribution in [3.8, 4) is 0 Å². The molecule has 0 saturated carbocycles. The fraction of sp³-hybridized carbons (Fsp3) is 0.500. The number of anilines is 1. The molecule has 0 spiro atoms. The van der Waals surface area contributed by atoms with Crippen LogP contribution in [0.1, 0.15) is 30.6 Å². The maximum Gasteiger partial charge on any atom is 0.256 e. The minimum absolute atomic E-state index is 0.0458. The Kier molecular flexibility index (Phi) is 3.55. The van der Waals surface area contributed by atoms with Crippen molar-refractivity contribution in [1.82, 2.24) is 4.90 Å². The molecule has 0 aromatic heterocycles. The molecular weight excluding hydrogens is 231 g/mol. The van der Waals surface area contributed by atoms with Gasteiger partial charge in [-0.1, -0.05) is 19.9 Å². The zero-order valence-electron chi connectivity index (χ0n) is 10.8. The van der Waals surface area contributed by atoms with Crippen molar-refractivity contribution < 1.29 is 9.18 Å². The van der Waals surface area contributed by atoms with Crippen molar-refractivity contribution in [3.05, 3.63) is 29.6 Å². The number of nitrogens with zero attached hydrogens (tertiary/aromatic N) is 1. The number of carbonyl (C=O) groups excluding carboxylic acids is 1. The number of para-hydroxylation sites is 1. The summed E-state index contributed by atoms with van der Waals surface area (Å²) in [5, 5.41) is 0. The monoisotopic (exact) mass is 250 g/mol. The second-order valence-corrected chi connectivity index (χ2v) is 5.25. The lowest BCUT2D eigenvalue weighted by Crippen LogP contribution is -2.30. The standard InChI is InChI=1S/C14H19FN2O/c1-9(2)10-6-7-17(8-10)14(18)11-4-3-5-12(15)13(11)16/h3-5,9-10H,6-8,16H2,1-2H3. The van der Waals surface area contributed by atoms with Gasteiger partial charge in [0, 0.05) is 13.1 Å². The number of carbonyl (C=O) groups is 1. The molecule has 4 heteroatoms. The van der Waals surface area contributed by atoms with E-state index in [9.17, 15) is 9.18 Å². The molecule has 1 amide bonds. The quantitative estimate of drug-likeness (QED) is 0.820. The summed E-state index contributed by atoms with van der Waals surface area (Å²) in [6, 6.07) is 4.38. The highest BCUT2D eigenvalue weighted by molar-refractivity contribution is 5.99. The Bertz CT molecular complexity index is 459. The first kappa shape index (κ1) is 12.9. The van der Waals surface area contributed by atoms with Crippen LogP contribution in [0.2, 0.25) is 0 Å². The maximum absolute atomic E-state index is 13.3. The van der Waals surface area contributed by atoms with E-state index in [0.29, 0.717) is 11.8 Å². The average Bonchev–Trinajstić information content (AvgIpc) is 2.81. The van der Waals surface area contributed by atoms with Crippen LogP contribution in [-0.4, -0.2) is 23.9 Å². The van der Waals surface area contributed by atoms with Crippen LogP contribution in [-0.2, 0) is 0 Å². The van der Waals surface area contributed by atoms with Gasteiger partial charge in [0.15, 0.2) is 0 Å². The van der Waals surface area contributed by atoms with Gasteiger partial charge in [-0.25, -0.2) is 4.39 Å². The molecule has 0 bridgehead atoms. The second kappa shape index (κ2) is 4.96. The molecule has 1 aromatic carbocycles. The smallest absolute Gasteiger partial charge is 0.256 e. The number of likely N-dealkylation sites (tertiary alicyclic amines) is 1. The van der Waals surface area contributed by atoms with Gasteiger partial charge in [0.2, 0.25) is 0 Å². The summed E-state index contributed by atoms with van der Waals surface area (Å²) in [5.74, 6) is 0.409. The number of nitrogen functional groups attached to an aromatic ring is 1. The largest absolute Gasteiger partial charge is 0.396 e. The maximum atomic E-state index is 13.3. The van der Waals surface area contributed by atoms with Gasteiger partial charge in [-0.15, -0.1) is 0 Å². The molecule has 1 aliphatic rings. The molecule has 2 rings (SSSR count). The Hall–Kier alpha value is -1.58. The molecule has 1 fully saturated rings. The van der Waals surface area contributed by atoms with Crippen molar-refractivity contribution in [3.63, 3.8) is 0 Å². The molecule has 2 N–H and O–H groups in total. The summed E-state index contributed by atoms with van der Waals surface area (Å²) in [7, 11) is 0. The molecule has 3 nitrogen and oxygen atoms in total. The molecule has 1 aliphatic heterocycles. The first-order chi connectivity index (χ1) is 8.50.